The van der Waals surface area contributed by atoms with Crippen molar-refractivity contribution in [3.05, 3.63) is 39.4 Å². The summed E-state index contributed by atoms with van der Waals surface area (Å²) in [5.41, 5.74) is -0.212. The summed E-state index contributed by atoms with van der Waals surface area (Å²) in [7, 11) is 1.28. The number of hydrogen-bond acceptors (Lipinski definition) is 5. The van der Waals surface area contributed by atoms with E-state index < -0.39 is 10.9 Å². The van der Waals surface area contributed by atoms with E-state index in [1.165, 1.54) is 13.2 Å². The zero-order chi connectivity index (χ0) is 13.7. The second-order valence-corrected chi connectivity index (χ2v) is 3.15. The Morgan fingerprint density at radius 3 is 2.72 bits per heavy atom. The molecule has 1 rings (SSSR count). The first-order chi connectivity index (χ1) is 8.49. The van der Waals surface area contributed by atoms with Crippen LogP contribution in [0.15, 0.2) is 18.2 Å². The Kier molecular flexibility index (Phi) is 3.99. The van der Waals surface area contributed by atoms with Gasteiger partial charge >= 0.3 is 5.97 Å². The molecule has 1 N–H and O–H groups in total. The number of nitro groups is 1. The SMILES string of the molecule is COc1cc([N+](=O)[O-])c(/C=C/C(=O)O)cc1C#N. The number of methoxy groups -OCH3 is 1. The number of nitro benzene ring substituents is 1. The maximum absolute atomic E-state index is 10.8. The molecule has 0 fully saturated rings. The highest BCUT2D eigenvalue weighted by molar-refractivity contribution is 5.86. The van der Waals surface area contributed by atoms with Crippen LogP contribution in [-0.4, -0.2) is 23.1 Å². The quantitative estimate of drug-likeness (QED) is 0.491. The van der Waals surface area contributed by atoms with Crippen LogP contribution in [0.25, 0.3) is 6.08 Å². The highest BCUT2D eigenvalue weighted by atomic mass is 16.6. The molecule has 0 heterocycles. The summed E-state index contributed by atoms with van der Waals surface area (Å²) in [6, 6.07) is 4.10. The van der Waals surface area contributed by atoms with Crippen molar-refractivity contribution in [1.82, 2.24) is 0 Å². The Morgan fingerprint density at radius 2 is 2.28 bits per heavy atom. The fraction of sp³-hybridized carbons (Fsp3) is 0.0909. The van der Waals surface area contributed by atoms with Crippen LogP contribution in [0.1, 0.15) is 11.1 Å². The minimum atomic E-state index is -1.24. The topological polar surface area (TPSA) is 113 Å². The van der Waals surface area contributed by atoms with Gasteiger partial charge in [0.1, 0.15) is 11.8 Å². The molecule has 7 heteroatoms. The molecule has 18 heavy (non-hydrogen) atoms. The smallest absolute Gasteiger partial charge is 0.328 e. The number of benzene rings is 1. The van der Waals surface area contributed by atoms with E-state index >= 15 is 0 Å². The van der Waals surface area contributed by atoms with Crippen LogP contribution in [0, 0.1) is 21.4 Å². The predicted octanol–water partition coefficient (Wildman–Crippen LogP) is 1.57. The van der Waals surface area contributed by atoms with Gasteiger partial charge < -0.3 is 9.84 Å². The molecule has 0 aliphatic rings. The molecule has 0 amide bonds. The number of carboxylic acids is 1. The Labute approximate surface area is 102 Å². The van der Waals surface area contributed by atoms with Gasteiger partial charge in [0.05, 0.1) is 29.2 Å². The average Bonchev–Trinajstić information content (AvgIpc) is 2.34. The summed E-state index contributed by atoms with van der Waals surface area (Å²) in [6.07, 6.45) is 1.82. The Balaban J connectivity index is 3.44. The average molecular weight is 248 g/mol. The second-order valence-electron chi connectivity index (χ2n) is 3.15. The number of carbonyl (C=O) groups is 1. The summed E-state index contributed by atoms with van der Waals surface area (Å²) in [4.78, 5) is 20.5. The van der Waals surface area contributed by atoms with Gasteiger partial charge in [-0.15, -0.1) is 0 Å². The first kappa shape index (κ1) is 13.2. The molecule has 0 aromatic heterocycles. The summed E-state index contributed by atoms with van der Waals surface area (Å²) in [6.45, 7) is 0. The number of rotatable bonds is 4. The van der Waals surface area contributed by atoms with Crippen LogP contribution in [0.4, 0.5) is 5.69 Å². The standard InChI is InChI=1S/C11H8N2O5/c1-18-10-5-9(13(16)17)7(2-3-11(14)15)4-8(10)6-12/h2-5H,1H3,(H,14,15)/b3-2+. The second kappa shape index (κ2) is 5.45. The summed E-state index contributed by atoms with van der Waals surface area (Å²) >= 11 is 0. The maximum Gasteiger partial charge on any atom is 0.328 e. The third kappa shape index (κ3) is 2.82. The molecule has 92 valence electrons. The lowest BCUT2D eigenvalue weighted by atomic mass is 10.1. The molecule has 1 aromatic carbocycles. The van der Waals surface area contributed by atoms with Crippen molar-refractivity contribution in [2.24, 2.45) is 0 Å². The lowest BCUT2D eigenvalue weighted by Crippen LogP contribution is -1.96. The van der Waals surface area contributed by atoms with Crippen LogP contribution in [0.3, 0.4) is 0 Å². The molecule has 0 atom stereocenters. The molecule has 0 radical (unpaired) electrons. The molecular weight excluding hydrogens is 240 g/mol. The van der Waals surface area contributed by atoms with E-state index in [1.54, 1.807) is 0 Å². The van der Waals surface area contributed by atoms with E-state index in [2.05, 4.69) is 0 Å². The molecular formula is C11H8N2O5. The van der Waals surface area contributed by atoms with Crippen molar-refractivity contribution in [1.29, 1.82) is 5.26 Å². The lowest BCUT2D eigenvalue weighted by molar-refractivity contribution is -0.385. The van der Waals surface area contributed by atoms with Crippen LogP contribution in [0.2, 0.25) is 0 Å². The number of nitriles is 1. The van der Waals surface area contributed by atoms with Gasteiger partial charge in [0.15, 0.2) is 0 Å². The minimum Gasteiger partial charge on any atom is -0.495 e. The number of aliphatic carboxylic acids is 1. The summed E-state index contributed by atoms with van der Waals surface area (Å²) < 4.78 is 4.84. The van der Waals surface area contributed by atoms with Gasteiger partial charge in [-0.25, -0.2) is 4.79 Å². The van der Waals surface area contributed by atoms with Gasteiger partial charge in [-0.1, -0.05) is 0 Å². The van der Waals surface area contributed by atoms with E-state index in [1.807, 2.05) is 6.07 Å². The first-order valence-corrected chi connectivity index (χ1v) is 4.67. The molecule has 0 unspecified atom stereocenters. The Morgan fingerprint density at radius 1 is 1.61 bits per heavy atom. The van der Waals surface area contributed by atoms with E-state index in [0.29, 0.717) is 0 Å². The van der Waals surface area contributed by atoms with E-state index in [4.69, 9.17) is 15.1 Å². The Hall–Kier alpha value is -2.88. The van der Waals surface area contributed by atoms with Gasteiger partial charge in [-0.2, -0.15) is 5.26 Å². The monoisotopic (exact) mass is 248 g/mol. The van der Waals surface area contributed by atoms with Crippen LogP contribution < -0.4 is 4.74 Å². The lowest BCUT2D eigenvalue weighted by Gasteiger charge is -2.04. The van der Waals surface area contributed by atoms with Gasteiger partial charge in [-0.05, 0) is 12.1 Å². The van der Waals surface area contributed by atoms with E-state index in [-0.39, 0.29) is 22.6 Å². The molecule has 0 spiro atoms. The molecule has 0 saturated carbocycles. The molecule has 7 nitrogen and oxygen atoms in total. The number of hydrogen-bond donors (Lipinski definition) is 1. The van der Waals surface area contributed by atoms with Crippen LogP contribution in [0.5, 0.6) is 5.75 Å². The zero-order valence-corrected chi connectivity index (χ0v) is 9.28. The summed E-state index contributed by atoms with van der Waals surface area (Å²) in [5.74, 6) is -1.17. The van der Waals surface area contributed by atoms with Gasteiger partial charge in [0.2, 0.25) is 0 Å². The van der Waals surface area contributed by atoms with E-state index in [0.717, 1.165) is 18.2 Å². The normalized spacial score (nSPS) is 10.0. The number of carboxylic acid groups (broad SMARTS) is 1. The third-order valence-electron chi connectivity index (χ3n) is 2.07. The maximum atomic E-state index is 10.8. The largest absolute Gasteiger partial charge is 0.495 e. The molecule has 0 aliphatic carbocycles. The van der Waals surface area contributed by atoms with Crippen molar-refractivity contribution < 1.29 is 19.6 Å². The zero-order valence-electron chi connectivity index (χ0n) is 9.28. The Bertz CT molecular complexity index is 572. The number of ether oxygens (including phenoxy) is 1. The fourth-order valence-electron chi connectivity index (χ4n) is 1.29. The van der Waals surface area contributed by atoms with Crippen LogP contribution >= 0.6 is 0 Å². The van der Waals surface area contributed by atoms with Crippen LogP contribution in [-0.2, 0) is 4.79 Å². The third-order valence-corrected chi connectivity index (χ3v) is 2.07. The predicted molar refractivity (Wildman–Crippen MR) is 61.0 cm³/mol. The van der Waals surface area contributed by atoms with E-state index in [9.17, 15) is 14.9 Å². The number of nitrogens with zero attached hydrogens (tertiary/aromatic N) is 2. The van der Waals surface area contributed by atoms with Crippen molar-refractivity contribution in [3.63, 3.8) is 0 Å². The van der Waals surface area contributed by atoms with Crippen molar-refractivity contribution in [2.45, 2.75) is 0 Å². The highest BCUT2D eigenvalue weighted by Crippen LogP contribution is 2.29. The van der Waals surface area contributed by atoms with Crippen molar-refractivity contribution in [2.75, 3.05) is 7.11 Å². The van der Waals surface area contributed by atoms with Crippen molar-refractivity contribution >= 4 is 17.7 Å². The minimum absolute atomic E-state index is 0.0275. The van der Waals surface area contributed by atoms with Gasteiger partial charge in [0, 0.05) is 6.08 Å². The molecule has 0 aliphatic heterocycles. The summed E-state index contributed by atoms with van der Waals surface area (Å²) in [5, 5.41) is 28.1. The molecule has 0 bridgehead atoms. The van der Waals surface area contributed by atoms with Gasteiger partial charge in [-0.3, -0.25) is 10.1 Å². The fourth-order valence-corrected chi connectivity index (χ4v) is 1.29. The highest BCUT2D eigenvalue weighted by Gasteiger charge is 2.17. The molecule has 1 aromatic rings. The first-order valence-electron chi connectivity index (χ1n) is 4.67. The van der Waals surface area contributed by atoms with Gasteiger partial charge in [0.25, 0.3) is 5.69 Å². The van der Waals surface area contributed by atoms with Crippen molar-refractivity contribution in [3.8, 4) is 11.8 Å². The molecule has 0 saturated heterocycles.